The maximum Gasteiger partial charge on any atom is 0.326 e. The molecule has 3 aromatic heterocycles. The number of nitrogens with two attached hydrogens (primary N) is 1. The fraction of sp³-hybridized carbons (Fsp3) is 0.222. The Morgan fingerprint density at radius 2 is 0.980 bits per heavy atom. The number of aliphatic carboxylic acids is 1. The van der Waals surface area contributed by atoms with Crippen molar-refractivity contribution in [3.63, 3.8) is 0 Å². The lowest BCUT2D eigenvalue weighted by Crippen LogP contribution is -2.58. The highest BCUT2D eigenvalue weighted by Gasteiger charge is 2.31. The Hall–Kier alpha value is -5.53. The zero-order chi connectivity index (χ0) is 34.5. The third kappa shape index (κ3) is 7.47. The quantitative estimate of drug-likeness (QED) is 0.0793. The van der Waals surface area contributed by atoms with E-state index >= 15 is 0 Å². The van der Waals surface area contributed by atoms with Crippen molar-refractivity contribution in [1.82, 2.24) is 30.9 Å². The SMILES string of the molecule is NC(Cc1c[nH]c2ccccc12)C(=O)NC(Cc1c[nH]c2ccccc12)C(=O)NC(CS)C(=O)NC(Cc1c[nH]c2ccccc12)C(=O)O. The van der Waals surface area contributed by atoms with Crippen molar-refractivity contribution in [3.8, 4) is 0 Å². The van der Waals surface area contributed by atoms with Crippen LogP contribution in [0.1, 0.15) is 16.7 Å². The van der Waals surface area contributed by atoms with Gasteiger partial charge in [-0.25, -0.2) is 4.79 Å². The predicted molar refractivity (Wildman–Crippen MR) is 191 cm³/mol. The summed E-state index contributed by atoms with van der Waals surface area (Å²) >= 11 is 4.29. The molecule has 0 fully saturated rings. The van der Waals surface area contributed by atoms with Crippen LogP contribution in [0, 0.1) is 0 Å². The van der Waals surface area contributed by atoms with E-state index in [9.17, 15) is 24.3 Å². The van der Waals surface area contributed by atoms with Crippen LogP contribution in [0.4, 0.5) is 0 Å². The smallest absolute Gasteiger partial charge is 0.326 e. The number of benzene rings is 3. The Morgan fingerprint density at radius 1 is 0.592 bits per heavy atom. The molecule has 0 saturated heterocycles. The number of thiol groups is 1. The van der Waals surface area contributed by atoms with E-state index < -0.39 is 47.9 Å². The molecule has 4 unspecified atom stereocenters. The molecule has 0 aliphatic rings. The van der Waals surface area contributed by atoms with Gasteiger partial charge in [0.15, 0.2) is 0 Å². The summed E-state index contributed by atoms with van der Waals surface area (Å²) in [6.45, 7) is 0. The van der Waals surface area contributed by atoms with E-state index in [1.165, 1.54) is 0 Å². The highest BCUT2D eigenvalue weighted by Crippen LogP contribution is 2.22. The summed E-state index contributed by atoms with van der Waals surface area (Å²) in [4.78, 5) is 62.4. The van der Waals surface area contributed by atoms with E-state index in [4.69, 9.17) is 5.73 Å². The number of nitrogens with one attached hydrogen (secondary N) is 6. The average Bonchev–Trinajstić information content (AvgIpc) is 3.83. The molecule has 0 radical (unpaired) electrons. The molecule has 4 atom stereocenters. The van der Waals surface area contributed by atoms with E-state index in [2.05, 4.69) is 43.5 Å². The van der Waals surface area contributed by atoms with Crippen molar-refractivity contribution >= 4 is 69.0 Å². The summed E-state index contributed by atoms with van der Waals surface area (Å²) in [5.74, 6) is -3.25. The van der Waals surface area contributed by atoms with Crippen molar-refractivity contribution in [2.45, 2.75) is 43.4 Å². The molecule has 0 spiro atoms. The van der Waals surface area contributed by atoms with Crippen LogP contribution in [0.5, 0.6) is 0 Å². The fourth-order valence-corrected chi connectivity index (χ4v) is 6.35. The van der Waals surface area contributed by atoms with Crippen molar-refractivity contribution < 1.29 is 24.3 Å². The van der Waals surface area contributed by atoms with Gasteiger partial charge in [-0.2, -0.15) is 12.6 Å². The topological polar surface area (TPSA) is 198 Å². The van der Waals surface area contributed by atoms with Gasteiger partial charge in [-0.05, 0) is 41.3 Å². The van der Waals surface area contributed by atoms with Gasteiger partial charge in [0.2, 0.25) is 17.7 Å². The number of rotatable bonds is 14. The predicted octanol–water partition coefficient (Wildman–Crippen LogP) is 2.95. The number of carboxylic acid groups (broad SMARTS) is 1. The molecule has 3 heterocycles. The second-order valence-electron chi connectivity index (χ2n) is 12.0. The van der Waals surface area contributed by atoms with Gasteiger partial charge in [0.1, 0.15) is 18.1 Å². The highest BCUT2D eigenvalue weighted by atomic mass is 32.1. The number of carbonyl (C=O) groups is 4. The van der Waals surface area contributed by atoms with E-state index in [-0.39, 0.29) is 25.0 Å². The van der Waals surface area contributed by atoms with Gasteiger partial charge >= 0.3 is 5.97 Å². The maximum atomic E-state index is 13.8. The van der Waals surface area contributed by atoms with Crippen LogP contribution in [0.3, 0.4) is 0 Å². The summed E-state index contributed by atoms with van der Waals surface area (Å²) in [5, 5.41) is 20.7. The first-order valence-electron chi connectivity index (χ1n) is 15.9. The number of hydrogen-bond acceptors (Lipinski definition) is 6. The Kier molecular flexibility index (Phi) is 10.0. The van der Waals surface area contributed by atoms with Gasteiger partial charge in [-0.15, -0.1) is 0 Å². The molecule has 9 N–H and O–H groups in total. The Morgan fingerprint density at radius 3 is 1.45 bits per heavy atom. The molecular weight excluding hydrogens is 643 g/mol. The molecule has 3 aromatic carbocycles. The summed E-state index contributed by atoms with van der Waals surface area (Å²) in [6, 6.07) is 18.2. The van der Waals surface area contributed by atoms with E-state index in [0.717, 1.165) is 49.4 Å². The van der Waals surface area contributed by atoms with E-state index in [1.54, 1.807) is 12.4 Å². The van der Waals surface area contributed by atoms with Crippen LogP contribution >= 0.6 is 12.6 Å². The number of aromatic nitrogens is 3. The molecule has 49 heavy (non-hydrogen) atoms. The zero-order valence-electron chi connectivity index (χ0n) is 26.4. The second-order valence-corrected chi connectivity index (χ2v) is 12.4. The molecule has 0 aliphatic carbocycles. The lowest BCUT2D eigenvalue weighted by Gasteiger charge is -2.24. The van der Waals surface area contributed by atoms with Gasteiger partial charge in [-0.1, -0.05) is 54.6 Å². The van der Waals surface area contributed by atoms with Crippen molar-refractivity contribution in [3.05, 3.63) is 108 Å². The third-order valence-electron chi connectivity index (χ3n) is 8.71. The first kappa shape index (κ1) is 33.4. The molecular formula is C36H37N7O5S. The van der Waals surface area contributed by atoms with Crippen molar-refractivity contribution in [2.75, 3.05) is 5.75 Å². The molecule has 0 saturated carbocycles. The number of fused-ring (bicyclic) bond motifs is 3. The van der Waals surface area contributed by atoms with E-state index in [1.807, 2.05) is 79.0 Å². The first-order valence-corrected chi connectivity index (χ1v) is 16.5. The van der Waals surface area contributed by atoms with Crippen LogP contribution in [-0.2, 0) is 38.4 Å². The van der Waals surface area contributed by atoms with Crippen LogP contribution in [0.15, 0.2) is 91.4 Å². The molecule has 0 aliphatic heterocycles. The number of hydrogen-bond donors (Lipinski definition) is 9. The number of aromatic amines is 3. The van der Waals surface area contributed by atoms with Crippen molar-refractivity contribution in [2.24, 2.45) is 5.73 Å². The number of H-pyrrole nitrogens is 3. The molecule has 3 amide bonds. The Labute approximate surface area is 286 Å². The number of amides is 3. The second kappa shape index (κ2) is 14.7. The van der Waals surface area contributed by atoms with Crippen LogP contribution in [0.25, 0.3) is 32.7 Å². The van der Waals surface area contributed by atoms with Gasteiger partial charge in [0.05, 0.1) is 6.04 Å². The van der Waals surface area contributed by atoms with Crippen LogP contribution in [0.2, 0.25) is 0 Å². The molecule has 252 valence electrons. The molecule has 0 bridgehead atoms. The van der Waals surface area contributed by atoms with Crippen LogP contribution in [-0.4, -0.2) is 73.7 Å². The van der Waals surface area contributed by atoms with Gasteiger partial charge < -0.3 is 41.7 Å². The largest absolute Gasteiger partial charge is 0.480 e. The zero-order valence-corrected chi connectivity index (χ0v) is 27.3. The number of carboxylic acids is 1. The average molecular weight is 680 g/mol. The highest BCUT2D eigenvalue weighted by molar-refractivity contribution is 7.80. The van der Waals surface area contributed by atoms with Gasteiger partial charge in [0, 0.05) is 69.9 Å². The molecule has 13 heteroatoms. The number of para-hydroxylation sites is 3. The Balaban J connectivity index is 1.17. The minimum Gasteiger partial charge on any atom is -0.480 e. The standard InChI is InChI=1S/C36H37N7O5S/c37-26(13-20-16-38-27-10-4-1-7-23(20)27)33(44)41-30(14-21-17-39-28-11-5-2-8-24(21)28)34(45)43-32(19-49)35(46)42-31(36(47)48)15-22-18-40-29-12-6-3-9-25(22)29/h1-12,16-18,26,30-32,38-40,49H,13-15,19,37H2,(H,41,44)(H,42,46)(H,43,45)(H,47,48). The monoisotopic (exact) mass is 679 g/mol. The summed E-state index contributed by atoms with van der Waals surface area (Å²) < 4.78 is 0. The summed E-state index contributed by atoms with van der Waals surface area (Å²) in [6.07, 6.45) is 5.64. The molecule has 6 aromatic rings. The lowest BCUT2D eigenvalue weighted by molar-refractivity contribution is -0.142. The fourth-order valence-electron chi connectivity index (χ4n) is 6.10. The first-order chi connectivity index (χ1) is 23.7. The Bertz CT molecular complexity index is 2140. The lowest BCUT2D eigenvalue weighted by atomic mass is 10.0. The van der Waals surface area contributed by atoms with Crippen LogP contribution < -0.4 is 21.7 Å². The molecule has 6 rings (SSSR count). The summed E-state index contributed by atoms with van der Waals surface area (Å²) in [5.41, 5.74) is 11.4. The minimum atomic E-state index is -1.27. The van der Waals surface area contributed by atoms with Gasteiger partial charge in [0.25, 0.3) is 0 Å². The maximum absolute atomic E-state index is 13.8. The normalized spacial score (nSPS) is 13.9. The van der Waals surface area contributed by atoms with E-state index in [0.29, 0.717) is 0 Å². The minimum absolute atomic E-state index is 0.0197. The van der Waals surface area contributed by atoms with Gasteiger partial charge in [-0.3, -0.25) is 14.4 Å². The van der Waals surface area contributed by atoms with Crippen molar-refractivity contribution in [1.29, 1.82) is 0 Å². The third-order valence-corrected chi connectivity index (χ3v) is 9.08. The number of carbonyl (C=O) groups excluding carboxylic acids is 3. The summed E-state index contributed by atoms with van der Waals surface area (Å²) in [7, 11) is 0. The molecule has 12 nitrogen and oxygen atoms in total.